The standard InChI is InChI=1S/C16H17NO2S/c1-20-14-9-7-13(8-10-14)16(19)17-15(11-18)12-5-3-2-4-6-12/h2-10,15,18H,11H2,1H3,(H,17,19). The van der Waals surface area contributed by atoms with Gasteiger partial charge in [-0.3, -0.25) is 4.79 Å². The van der Waals surface area contributed by atoms with Gasteiger partial charge in [0.25, 0.3) is 5.91 Å². The van der Waals surface area contributed by atoms with Gasteiger partial charge in [0.1, 0.15) is 0 Å². The van der Waals surface area contributed by atoms with Crippen molar-refractivity contribution in [3.8, 4) is 0 Å². The number of benzene rings is 2. The minimum Gasteiger partial charge on any atom is -0.394 e. The summed E-state index contributed by atoms with van der Waals surface area (Å²) in [4.78, 5) is 13.3. The van der Waals surface area contributed by atoms with E-state index in [1.807, 2.05) is 48.7 Å². The molecular formula is C16H17NO2S. The van der Waals surface area contributed by atoms with Gasteiger partial charge in [-0.05, 0) is 36.1 Å². The summed E-state index contributed by atoms with van der Waals surface area (Å²) in [5.74, 6) is -0.180. The van der Waals surface area contributed by atoms with Gasteiger partial charge < -0.3 is 10.4 Å². The monoisotopic (exact) mass is 287 g/mol. The van der Waals surface area contributed by atoms with Crippen molar-refractivity contribution >= 4 is 17.7 Å². The minimum atomic E-state index is -0.385. The summed E-state index contributed by atoms with van der Waals surface area (Å²) < 4.78 is 0. The number of nitrogens with one attached hydrogen (secondary N) is 1. The highest BCUT2D eigenvalue weighted by atomic mass is 32.2. The van der Waals surface area contributed by atoms with E-state index in [-0.39, 0.29) is 18.6 Å². The number of thioether (sulfide) groups is 1. The molecule has 20 heavy (non-hydrogen) atoms. The number of hydrogen-bond acceptors (Lipinski definition) is 3. The Bertz CT molecular complexity index is 554. The molecule has 4 heteroatoms. The first-order chi connectivity index (χ1) is 9.74. The van der Waals surface area contributed by atoms with Crippen LogP contribution in [0.4, 0.5) is 0 Å². The van der Waals surface area contributed by atoms with Gasteiger partial charge in [0.2, 0.25) is 0 Å². The summed E-state index contributed by atoms with van der Waals surface area (Å²) in [6, 6.07) is 16.5. The molecule has 2 N–H and O–H groups in total. The third-order valence-corrected chi connectivity index (χ3v) is 3.79. The number of carbonyl (C=O) groups is 1. The van der Waals surface area contributed by atoms with Crippen molar-refractivity contribution in [2.24, 2.45) is 0 Å². The van der Waals surface area contributed by atoms with Gasteiger partial charge in [0.05, 0.1) is 12.6 Å². The largest absolute Gasteiger partial charge is 0.394 e. The van der Waals surface area contributed by atoms with E-state index >= 15 is 0 Å². The summed E-state index contributed by atoms with van der Waals surface area (Å²) >= 11 is 1.63. The Morgan fingerprint density at radius 2 is 1.80 bits per heavy atom. The van der Waals surface area contributed by atoms with Crippen LogP contribution in [0.2, 0.25) is 0 Å². The Kier molecular flexibility index (Phi) is 5.21. The van der Waals surface area contributed by atoms with Crippen LogP contribution in [0.25, 0.3) is 0 Å². The van der Waals surface area contributed by atoms with E-state index in [1.54, 1.807) is 23.9 Å². The van der Waals surface area contributed by atoms with Crippen LogP contribution in [0.15, 0.2) is 59.5 Å². The van der Waals surface area contributed by atoms with Crippen LogP contribution in [0.5, 0.6) is 0 Å². The Morgan fingerprint density at radius 3 is 2.35 bits per heavy atom. The Morgan fingerprint density at radius 1 is 1.15 bits per heavy atom. The fourth-order valence-corrected chi connectivity index (χ4v) is 2.31. The zero-order valence-corrected chi connectivity index (χ0v) is 12.1. The Labute approximate surface area is 123 Å². The maximum Gasteiger partial charge on any atom is 0.251 e. The van der Waals surface area contributed by atoms with E-state index in [2.05, 4.69) is 5.32 Å². The highest BCUT2D eigenvalue weighted by Gasteiger charge is 2.14. The first kappa shape index (κ1) is 14.6. The van der Waals surface area contributed by atoms with Gasteiger partial charge in [-0.1, -0.05) is 30.3 Å². The van der Waals surface area contributed by atoms with Crippen LogP contribution in [0.1, 0.15) is 22.0 Å². The van der Waals surface area contributed by atoms with Gasteiger partial charge in [-0.2, -0.15) is 0 Å². The molecule has 1 amide bonds. The van der Waals surface area contributed by atoms with Crippen molar-refractivity contribution in [1.29, 1.82) is 0 Å². The quantitative estimate of drug-likeness (QED) is 0.831. The van der Waals surface area contributed by atoms with E-state index in [1.165, 1.54) is 0 Å². The number of aliphatic hydroxyl groups is 1. The van der Waals surface area contributed by atoms with Crippen LogP contribution >= 0.6 is 11.8 Å². The maximum atomic E-state index is 12.2. The minimum absolute atomic E-state index is 0.126. The lowest BCUT2D eigenvalue weighted by molar-refractivity contribution is 0.0916. The highest BCUT2D eigenvalue weighted by molar-refractivity contribution is 7.98. The number of rotatable bonds is 5. The van der Waals surface area contributed by atoms with Crippen molar-refractivity contribution in [2.45, 2.75) is 10.9 Å². The molecule has 0 bridgehead atoms. The predicted octanol–water partition coefficient (Wildman–Crippen LogP) is 2.87. The molecule has 0 aliphatic heterocycles. The number of hydrogen-bond donors (Lipinski definition) is 2. The van der Waals surface area contributed by atoms with Crippen LogP contribution in [-0.4, -0.2) is 23.9 Å². The summed E-state index contributed by atoms with van der Waals surface area (Å²) in [5, 5.41) is 12.3. The fourth-order valence-electron chi connectivity index (χ4n) is 1.90. The summed E-state index contributed by atoms with van der Waals surface area (Å²) in [7, 11) is 0. The molecule has 1 unspecified atom stereocenters. The molecule has 0 radical (unpaired) electrons. The van der Waals surface area contributed by atoms with Crippen molar-refractivity contribution < 1.29 is 9.90 Å². The zero-order valence-electron chi connectivity index (χ0n) is 11.2. The summed E-state index contributed by atoms with van der Waals surface area (Å²) in [6.45, 7) is -0.126. The van der Waals surface area contributed by atoms with E-state index in [0.717, 1.165) is 10.5 Å². The third-order valence-electron chi connectivity index (χ3n) is 3.04. The molecular weight excluding hydrogens is 270 g/mol. The molecule has 2 rings (SSSR count). The number of amides is 1. The van der Waals surface area contributed by atoms with Crippen LogP contribution in [0, 0.1) is 0 Å². The normalized spacial score (nSPS) is 11.9. The average molecular weight is 287 g/mol. The molecule has 0 saturated carbocycles. The maximum absolute atomic E-state index is 12.2. The van der Waals surface area contributed by atoms with Crippen LogP contribution in [-0.2, 0) is 0 Å². The second-order valence-corrected chi connectivity index (χ2v) is 5.23. The van der Waals surface area contributed by atoms with E-state index in [4.69, 9.17) is 0 Å². The zero-order chi connectivity index (χ0) is 14.4. The molecule has 0 aromatic heterocycles. The lowest BCUT2D eigenvalue weighted by Gasteiger charge is -2.16. The first-order valence-corrected chi connectivity index (χ1v) is 7.58. The fraction of sp³-hybridized carbons (Fsp3) is 0.188. The van der Waals surface area contributed by atoms with Crippen molar-refractivity contribution in [3.63, 3.8) is 0 Å². The van der Waals surface area contributed by atoms with E-state index in [9.17, 15) is 9.90 Å². The molecule has 0 fully saturated rings. The predicted molar refractivity (Wildman–Crippen MR) is 82.0 cm³/mol. The molecule has 0 aliphatic rings. The van der Waals surface area contributed by atoms with E-state index < -0.39 is 0 Å². The van der Waals surface area contributed by atoms with E-state index in [0.29, 0.717) is 5.56 Å². The number of aliphatic hydroxyl groups excluding tert-OH is 1. The molecule has 2 aromatic rings. The topological polar surface area (TPSA) is 49.3 Å². The second-order valence-electron chi connectivity index (χ2n) is 4.35. The van der Waals surface area contributed by atoms with Crippen LogP contribution in [0.3, 0.4) is 0 Å². The smallest absolute Gasteiger partial charge is 0.251 e. The van der Waals surface area contributed by atoms with Crippen molar-refractivity contribution in [3.05, 3.63) is 65.7 Å². The molecule has 0 heterocycles. The molecule has 0 saturated heterocycles. The van der Waals surface area contributed by atoms with Gasteiger partial charge in [-0.25, -0.2) is 0 Å². The van der Waals surface area contributed by atoms with Gasteiger partial charge in [0.15, 0.2) is 0 Å². The first-order valence-electron chi connectivity index (χ1n) is 6.35. The molecule has 104 valence electrons. The molecule has 1 atom stereocenters. The SMILES string of the molecule is CSc1ccc(C(=O)NC(CO)c2ccccc2)cc1. The van der Waals surface area contributed by atoms with Crippen molar-refractivity contribution in [1.82, 2.24) is 5.32 Å². The Balaban J connectivity index is 2.09. The molecule has 3 nitrogen and oxygen atoms in total. The Hall–Kier alpha value is -1.78. The summed E-state index contributed by atoms with van der Waals surface area (Å²) in [6.07, 6.45) is 1.99. The van der Waals surface area contributed by atoms with Gasteiger partial charge >= 0.3 is 0 Å². The number of carbonyl (C=O) groups excluding carboxylic acids is 1. The lowest BCUT2D eigenvalue weighted by atomic mass is 10.1. The van der Waals surface area contributed by atoms with Gasteiger partial charge in [-0.15, -0.1) is 11.8 Å². The van der Waals surface area contributed by atoms with Crippen molar-refractivity contribution in [2.75, 3.05) is 12.9 Å². The molecule has 0 aliphatic carbocycles. The average Bonchev–Trinajstić information content (AvgIpc) is 2.53. The lowest BCUT2D eigenvalue weighted by Crippen LogP contribution is -2.30. The highest BCUT2D eigenvalue weighted by Crippen LogP contribution is 2.16. The van der Waals surface area contributed by atoms with Gasteiger partial charge in [0, 0.05) is 10.5 Å². The molecule has 2 aromatic carbocycles. The molecule has 0 spiro atoms. The second kappa shape index (κ2) is 7.12. The summed E-state index contributed by atoms with van der Waals surface area (Å²) in [5.41, 5.74) is 1.49. The third kappa shape index (κ3) is 3.62. The van der Waals surface area contributed by atoms with Crippen LogP contribution < -0.4 is 5.32 Å².